The minimum absolute atomic E-state index is 0.405. The number of rotatable bonds is 2. The molecule has 0 atom stereocenters. The Morgan fingerprint density at radius 3 is 2.82 bits per heavy atom. The Balaban J connectivity index is 2.39. The average molecular weight is 232 g/mol. The molecule has 0 saturated carbocycles. The summed E-state index contributed by atoms with van der Waals surface area (Å²) >= 11 is 0. The van der Waals surface area contributed by atoms with Crippen LogP contribution in [0.25, 0.3) is 10.9 Å². The Labute approximate surface area is 100 Å². The Morgan fingerprint density at radius 1 is 1.41 bits per heavy atom. The number of methoxy groups -OCH3 is 1. The molecule has 4 nitrogen and oxygen atoms in total. The SMILES string of the molecule is COC(=O)NCc1c(C)n(C)c2ccccc12. The van der Waals surface area contributed by atoms with Gasteiger partial charge in [0.2, 0.25) is 0 Å². The first-order valence-electron chi connectivity index (χ1n) is 5.50. The van der Waals surface area contributed by atoms with Crippen LogP contribution in [0.4, 0.5) is 4.79 Å². The number of ether oxygens (including phenoxy) is 1. The summed E-state index contributed by atoms with van der Waals surface area (Å²) in [4.78, 5) is 11.1. The van der Waals surface area contributed by atoms with Crippen molar-refractivity contribution in [3.63, 3.8) is 0 Å². The molecule has 90 valence electrons. The van der Waals surface area contributed by atoms with Crippen molar-refractivity contribution in [1.82, 2.24) is 9.88 Å². The third-order valence-electron chi connectivity index (χ3n) is 3.13. The van der Waals surface area contributed by atoms with Gasteiger partial charge in [0.05, 0.1) is 7.11 Å². The van der Waals surface area contributed by atoms with Crippen LogP contribution in [0.5, 0.6) is 0 Å². The second-order valence-electron chi connectivity index (χ2n) is 3.99. The quantitative estimate of drug-likeness (QED) is 0.863. The molecule has 0 fully saturated rings. The normalized spacial score (nSPS) is 10.5. The van der Waals surface area contributed by atoms with E-state index in [0.29, 0.717) is 6.54 Å². The van der Waals surface area contributed by atoms with E-state index in [9.17, 15) is 4.79 Å². The molecule has 1 N–H and O–H groups in total. The number of aryl methyl sites for hydroxylation is 1. The topological polar surface area (TPSA) is 43.3 Å². The smallest absolute Gasteiger partial charge is 0.407 e. The second kappa shape index (κ2) is 4.49. The van der Waals surface area contributed by atoms with Gasteiger partial charge in [-0.2, -0.15) is 0 Å². The molecule has 2 aromatic rings. The van der Waals surface area contributed by atoms with Gasteiger partial charge in [-0.3, -0.25) is 0 Å². The van der Waals surface area contributed by atoms with Gasteiger partial charge in [-0.1, -0.05) is 18.2 Å². The highest BCUT2D eigenvalue weighted by molar-refractivity contribution is 5.85. The fraction of sp³-hybridized carbons (Fsp3) is 0.308. The highest BCUT2D eigenvalue weighted by Crippen LogP contribution is 2.24. The van der Waals surface area contributed by atoms with Crippen molar-refractivity contribution < 1.29 is 9.53 Å². The van der Waals surface area contributed by atoms with Gasteiger partial charge < -0.3 is 14.6 Å². The molecule has 17 heavy (non-hydrogen) atoms. The summed E-state index contributed by atoms with van der Waals surface area (Å²) in [5.74, 6) is 0. The molecular formula is C13H16N2O2. The summed E-state index contributed by atoms with van der Waals surface area (Å²) < 4.78 is 6.70. The molecular weight excluding hydrogens is 216 g/mol. The Kier molecular flexibility index (Phi) is 3.04. The number of carbonyl (C=O) groups excluding carboxylic acids is 1. The number of nitrogens with one attached hydrogen (secondary N) is 1. The van der Waals surface area contributed by atoms with Crippen molar-refractivity contribution in [2.75, 3.05) is 7.11 Å². The van der Waals surface area contributed by atoms with E-state index in [1.54, 1.807) is 0 Å². The molecule has 0 bridgehead atoms. The van der Waals surface area contributed by atoms with E-state index in [1.165, 1.54) is 18.0 Å². The summed E-state index contributed by atoms with van der Waals surface area (Å²) in [6.07, 6.45) is -0.405. The maximum Gasteiger partial charge on any atom is 0.407 e. The number of alkyl carbamates (subject to hydrolysis) is 1. The van der Waals surface area contributed by atoms with Gasteiger partial charge in [-0.15, -0.1) is 0 Å². The van der Waals surface area contributed by atoms with Gasteiger partial charge >= 0.3 is 6.09 Å². The van der Waals surface area contributed by atoms with Crippen molar-refractivity contribution in [2.24, 2.45) is 7.05 Å². The van der Waals surface area contributed by atoms with Crippen LogP contribution in [0.3, 0.4) is 0 Å². The monoisotopic (exact) mass is 232 g/mol. The van der Waals surface area contributed by atoms with E-state index in [2.05, 4.69) is 26.8 Å². The minimum atomic E-state index is -0.405. The third-order valence-corrected chi connectivity index (χ3v) is 3.13. The zero-order valence-corrected chi connectivity index (χ0v) is 10.3. The van der Waals surface area contributed by atoms with Crippen LogP contribution in [-0.2, 0) is 18.3 Å². The Hall–Kier alpha value is -1.97. The summed E-state index contributed by atoms with van der Waals surface area (Å²) in [6.45, 7) is 2.54. The van der Waals surface area contributed by atoms with E-state index in [1.807, 2.05) is 26.1 Å². The lowest BCUT2D eigenvalue weighted by molar-refractivity contribution is 0.170. The first kappa shape index (κ1) is 11.5. The maximum absolute atomic E-state index is 11.1. The summed E-state index contributed by atoms with van der Waals surface area (Å²) in [7, 11) is 3.39. The van der Waals surface area contributed by atoms with Crippen molar-refractivity contribution in [2.45, 2.75) is 13.5 Å². The van der Waals surface area contributed by atoms with Gasteiger partial charge in [0.15, 0.2) is 0 Å². The van der Waals surface area contributed by atoms with E-state index in [4.69, 9.17) is 0 Å². The molecule has 1 amide bonds. The van der Waals surface area contributed by atoms with Gasteiger partial charge in [-0.25, -0.2) is 4.79 Å². The predicted molar refractivity (Wildman–Crippen MR) is 66.9 cm³/mol. The largest absolute Gasteiger partial charge is 0.453 e. The number of fused-ring (bicyclic) bond motifs is 1. The predicted octanol–water partition coefficient (Wildman–Crippen LogP) is 2.34. The van der Waals surface area contributed by atoms with E-state index < -0.39 is 6.09 Å². The summed E-state index contributed by atoms with van der Waals surface area (Å²) in [6, 6.07) is 8.16. The van der Waals surface area contributed by atoms with Crippen molar-refractivity contribution >= 4 is 17.0 Å². The Bertz CT molecular complexity index is 558. The van der Waals surface area contributed by atoms with Gasteiger partial charge in [0.1, 0.15) is 0 Å². The fourth-order valence-corrected chi connectivity index (χ4v) is 2.06. The lowest BCUT2D eigenvalue weighted by Gasteiger charge is -2.04. The second-order valence-corrected chi connectivity index (χ2v) is 3.99. The summed E-state index contributed by atoms with van der Waals surface area (Å²) in [5, 5.41) is 3.89. The zero-order valence-electron chi connectivity index (χ0n) is 10.3. The maximum atomic E-state index is 11.1. The molecule has 1 aromatic carbocycles. The van der Waals surface area contributed by atoms with Crippen molar-refractivity contribution in [1.29, 1.82) is 0 Å². The number of nitrogens with zero attached hydrogens (tertiary/aromatic N) is 1. The fourth-order valence-electron chi connectivity index (χ4n) is 2.06. The molecule has 0 aliphatic carbocycles. The van der Waals surface area contributed by atoms with Crippen LogP contribution in [0.1, 0.15) is 11.3 Å². The number of carbonyl (C=O) groups is 1. The standard InChI is InChI=1S/C13H16N2O2/c1-9-11(8-14-13(16)17-3)10-6-4-5-7-12(10)15(9)2/h4-7H,8H2,1-3H3,(H,14,16). The first-order valence-corrected chi connectivity index (χ1v) is 5.50. The highest BCUT2D eigenvalue weighted by atomic mass is 16.5. The number of para-hydroxylation sites is 1. The van der Waals surface area contributed by atoms with Gasteiger partial charge in [0, 0.05) is 30.2 Å². The number of amides is 1. The summed E-state index contributed by atoms with van der Waals surface area (Å²) in [5.41, 5.74) is 3.46. The first-order chi connectivity index (χ1) is 8.15. The average Bonchev–Trinajstić information content (AvgIpc) is 2.60. The third kappa shape index (κ3) is 1.98. The van der Waals surface area contributed by atoms with Crippen molar-refractivity contribution in [3.05, 3.63) is 35.5 Å². The number of benzene rings is 1. The molecule has 1 heterocycles. The molecule has 0 saturated heterocycles. The molecule has 4 heteroatoms. The Morgan fingerprint density at radius 2 is 2.12 bits per heavy atom. The number of aromatic nitrogens is 1. The molecule has 0 radical (unpaired) electrons. The van der Waals surface area contributed by atoms with Crippen LogP contribution < -0.4 is 5.32 Å². The molecule has 0 aliphatic rings. The highest BCUT2D eigenvalue weighted by Gasteiger charge is 2.11. The lowest BCUT2D eigenvalue weighted by Crippen LogP contribution is -2.22. The van der Waals surface area contributed by atoms with Crippen LogP contribution in [-0.4, -0.2) is 17.8 Å². The molecule has 1 aromatic heterocycles. The van der Waals surface area contributed by atoms with Crippen LogP contribution >= 0.6 is 0 Å². The molecule has 0 unspecified atom stereocenters. The minimum Gasteiger partial charge on any atom is -0.453 e. The van der Waals surface area contributed by atoms with Crippen LogP contribution in [0.15, 0.2) is 24.3 Å². The molecule has 2 rings (SSSR count). The lowest BCUT2D eigenvalue weighted by atomic mass is 10.1. The van der Waals surface area contributed by atoms with E-state index in [0.717, 1.165) is 11.3 Å². The van der Waals surface area contributed by atoms with Crippen LogP contribution in [0.2, 0.25) is 0 Å². The number of hydrogen-bond donors (Lipinski definition) is 1. The van der Waals surface area contributed by atoms with Crippen molar-refractivity contribution in [3.8, 4) is 0 Å². The van der Waals surface area contributed by atoms with Gasteiger partial charge in [-0.05, 0) is 18.6 Å². The zero-order chi connectivity index (χ0) is 12.4. The van der Waals surface area contributed by atoms with E-state index >= 15 is 0 Å². The van der Waals surface area contributed by atoms with E-state index in [-0.39, 0.29) is 0 Å². The molecule has 0 spiro atoms. The van der Waals surface area contributed by atoms with Crippen LogP contribution in [0, 0.1) is 6.92 Å². The number of hydrogen-bond acceptors (Lipinski definition) is 2. The van der Waals surface area contributed by atoms with Gasteiger partial charge in [0.25, 0.3) is 0 Å². The molecule has 0 aliphatic heterocycles.